The maximum absolute atomic E-state index is 12.5. The van der Waals surface area contributed by atoms with Gasteiger partial charge in [-0.25, -0.2) is 0 Å². The van der Waals surface area contributed by atoms with Crippen LogP contribution in [0.1, 0.15) is 29.9 Å². The molecule has 4 aromatic rings. The van der Waals surface area contributed by atoms with Crippen molar-refractivity contribution in [1.82, 2.24) is 10.3 Å². The number of H-pyrrole nitrogens is 1. The minimum atomic E-state index is -0.685. The third-order valence-electron chi connectivity index (χ3n) is 5.73. The summed E-state index contributed by atoms with van der Waals surface area (Å²) in [6.45, 7) is 4.65. The zero-order valence-electron chi connectivity index (χ0n) is 19.9. The van der Waals surface area contributed by atoms with E-state index in [2.05, 4.69) is 29.5 Å². The number of aromatic amines is 1. The molecule has 4 rings (SSSR count). The summed E-state index contributed by atoms with van der Waals surface area (Å²) in [5.74, 6) is 0.638. The summed E-state index contributed by atoms with van der Waals surface area (Å²) in [4.78, 5) is 15.7. The number of ether oxygens (including phenoxy) is 1. The highest BCUT2D eigenvalue weighted by molar-refractivity contribution is 6.05. The second-order valence-electron chi connectivity index (χ2n) is 9.32. The Morgan fingerprint density at radius 1 is 1.03 bits per heavy atom. The summed E-state index contributed by atoms with van der Waals surface area (Å²) in [6.07, 6.45) is 0.0718. The number of amides is 1. The molecule has 1 unspecified atom stereocenters. The molecule has 0 aliphatic rings. The number of fused-ring (bicyclic) bond motifs is 1. The van der Waals surface area contributed by atoms with E-state index in [0.717, 1.165) is 22.9 Å². The minimum Gasteiger partial charge on any atom is -0.508 e. The van der Waals surface area contributed by atoms with Gasteiger partial charge in [-0.15, -0.1) is 0 Å². The second-order valence-corrected chi connectivity index (χ2v) is 9.32. The van der Waals surface area contributed by atoms with Crippen molar-refractivity contribution >= 4 is 22.5 Å². The number of β-amino-alcohol motifs (C(OH)–C–C–N with tert-alkyl or cyclic N) is 1. The van der Waals surface area contributed by atoms with Crippen LogP contribution in [0.3, 0.4) is 0 Å². The largest absolute Gasteiger partial charge is 0.508 e. The Balaban J connectivity index is 1.22. The van der Waals surface area contributed by atoms with Crippen molar-refractivity contribution in [1.29, 1.82) is 0 Å². The molecule has 0 saturated carbocycles. The normalized spacial score (nSPS) is 12.4. The maximum Gasteiger partial charge on any atom is 0.272 e. The van der Waals surface area contributed by atoms with E-state index in [-0.39, 0.29) is 23.8 Å². The van der Waals surface area contributed by atoms with Gasteiger partial charge < -0.3 is 30.6 Å². The van der Waals surface area contributed by atoms with Gasteiger partial charge in [0.05, 0.1) is 0 Å². The summed E-state index contributed by atoms with van der Waals surface area (Å²) in [5.41, 5.74) is 2.93. The summed E-state index contributed by atoms with van der Waals surface area (Å²) in [6, 6.07) is 23.7. The molecule has 0 aliphatic carbocycles. The smallest absolute Gasteiger partial charge is 0.272 e. The molecule has 1 amide bonds. The Bertz CT molecular complexity index is 1230. The first-order valence-corrected chi connectivity index (χ1v) is 11.6. The molecule has 0 radical (unpaired) electrons. The van der Waals surface area contributed by atoms with Gasteiger partial charge in [0, 0.05) is 28.7 Å². The number of aromatic hydroxyl groups is 1. The zero-order chi connectivity index (χ0) is 24.8. The van der Waals surface area contributed by atoms with Crippen molar-refractivity contribution in [2.24, 2.45) is 0 Å². The van der Waals surface area contributed by atoms with Gasteiger partial charge in [0.15, 0.2) is 0 Å². The van der Waals surface area contributed by atoms with Gasteiger partial charge in [-0.1, -0.05) is 30.3 Å². The van der Waals surface area contributed by atoms with Crippen LogP contribution in [-0.2, 0) is 6.42 Å². The van der Waals surface area contributed by atoms with Crippen LogP contribution in [0.2, 0.25) is 0 Å². The predicted octanol–water partition coefficient (Wildman–Crippen LogP) is 4.48. The number of hydrogen-bond acceptors (Lipinski definition) is 5. The highest BCUT2D eigenvalue weighted by Gasteiger charge is 2.19. The monoisotopic (exact) mass is 473 g/mol. The lowest BCUT2D eigenvalue weighted by atomic mass is 9.94. The molecule has 182 valence electrons. The van der Waals surface area contributed by atoms with Gasteiger partial charge in [0.1, 0.15) is 29.9 Å². The molecule has 0 saturated heterocycles. The minimum absolute atomic E-state index is 0.142. The molecule has 3 aromatic carbocycles. The number of aliphatic hydroxyl groups is 1. The van der Waals surface area contributed by atoms with E-state index >= 15 is 0 Å². The number of anilines is 1. The van der Waals surface area contributed by atoms with E-state index in [1.54, 1.807) is 36.4 Å². The van der Waals surface area contributed by atoms with Gasteiger partial charge in [-0.2, -0.15) is 0 Å². The maximum atomic E-state index is 12.5. The average Bonchev–Trinajstić information content (AvgIpc) is 3.28. The molecule has 1 heterocycles. The fourth-order valence-electron chi connectivity index (χ4n) is 3.86. The second kappa shape index (κ2) is 10.6. The number of phenols is 1. The third-order valence-corrected chi connectivity index (χ3v) is 5.73. The first-order chi connectivity index (χ1) is 16.8. The van der Waals surface area contributed by atoms with Crippen molar-refractivity contribution in [2.45, 2.75) is 31.9 Å². The number of rotatable bonds is 10. The molecule has 1 aromatic heterocycles. The Hall–Kier alpha value is -3.81. The number of benzene rings is 3. The van der Waals surface area contributed by atoms with Crippen molar-refractivity contribution in [3.63, 3.8) is 0 Å². The van der Waals surface area contributed by atoms with Crippen molar-refractivity contribution in [3.05, 3.63) is 90.1 Å². The Kier molecular flexibility index (Phi) is 7.39. The molecular formula is C28H31N3O4. The van der Waals surface area contributed by atoms with E-state index < -0.39 is 6.10 Å². The number of aliphatic hydroxyl groups excluding tert-OH is 1. The van der Waals surface area contributed by atoms with Crippen molar-refractivity contribution in [3.8, 4) is 11.5 Å². The lowest BCUT2D eigenvalue weighted by Crippen LogP contribution is -2.46. The Morgan fingerprint density at radius 3 is 2.46 bits per heavy atom. The molecule has 5 N–H and O–H groups in total. The molecule has 0 bridgehead atoms. The van der Waals surface area contributed by atoms with Crippen molar-refractivity contribution < 1.29 is 19.7 Å². The molecule has 35 heavy (non-hydrogen) atoms. The average molecular weight is 474 g/mol. The summed E-state index contributed by atoms with van der Waals surface area (Å²) in [7, 11) is 0. The molecule has 1 atom stereocenters. The highest BCUT2D eigenvalue weighted by Crippen LogP contribution is 2.19. The predicted molar refractivity (Wildman–Crippen MR) is 138 cm³/mol. The number of aromatic nitrogens is 1. The summed E-state index contributed by atoms with van der Waals surface area (Å²) < 4.78 is 5.71. The first kappa shape index (κ1) is 24.3. The van der Waals surface area contributed by atoms with Crippen LogP contribution in [0.25, 0.3) is 10.9 Å². The molecule has 0 fully saturated rings. The third kappa shape index (κ3) is 6.85. The topological polar surface area (TPSA) is 107 Å². The van der Waals surface area contributed by atoms with E-state index in [9.17, 15) is 15.0 Å². The SMILES string of the molecule is CC(C)(Cc1ccc(O)cc1)NCC(O)COc1ccc(NC(=O)c2cc3ccccc3[nH]2)cc1. The molecule has 7 heteroatoms. The quantitative estimate of drug-likeness (QED) is 0.234. The van der Waals surface area contributed by atoms with E-state index in [4.69, 9.17) is 4.74 Å². The number of nitrogens with one attached hydrogen (secondary N) is 3. The van der Waals surface area contributed by atoms with Gasteiger partial charge in [-0.05, 0) is 74.4 Å². The first-order valence-electron chi connectivity index (χ1n) is 11.6. The van der Waals surface area contributed by atoms with Crippen molar-refractivity contribution in [2.75, 3.05) is 18.5 Å². The zero-order valence-corrected chi connectivity index (χ0v) is 19.9. The van der Waals surface area contributed by atoms with E-state index in [0.29, 0.717) is 23.7 Å². The van der Waals surface area contributed by atoms with Gasteiger partial charge >= 0.3 is 0 Å². The Labute approximate surface area is 204 Å². The molecular weight excluding hydrogens is 442 g/mol. The number of para-hydroxylation sites is 1. The van der Waals surface area contributed by atoms with Crippen LogP contribution in [0.15, 0.2) is 78.9 Å². The fraction of sp³-hybridized carbons (Fsp3) is 0.250. The van der Waals surface area contributed by atoms with E-state index in [1.165, 1.54) is 0 Å². The Morgan fingerprint density at radius 2 is 1.74 bits per heavy atom. The number of phenolic OH excluding ortho intramolecular Hbond substituents is 1. The van der Waals surface area contributed by atoms with Crippen LogP contribution in [0.4, 0.5) is 5.69 Å². The number of carbonyl (C=O) groups excluding carboxylic acids is 1. The standard InChI is InChI=1S/C28H31N3O4/c1-28(2,16-19-7-11-22(32)12-8-19)29-17-23(33)18-35-24-13-9-21(10-14-24)30-27(34)26-15-20-5-3-4-6-25(20)31-26/h3-15,23,29,31-33H,16-18H2,1-2H3,(H,30,34). The van der Waals surface area contributed by atoms with Crippen LogP contribution in [0, 0.1) is 0 Å². The van der Waals surface area contributed by atoms with Gasteiger partial charge in [0.25, 0.3) is 5.91 Å². The van der Waals surface area contributed by atoms with Crippen LogP contribution in [-0.4, -0.2) is 45.9 Å². The lowest BCUT2D eigenvalue weighted by molar-refractivity contribution is 0.0988. The molecule has 0 aliphatic heterocycles. The molecule has 0 spiro atoms. The van der Waals surface area contributed by atoms with Crippen LogP contribution >= 0.6 is 0 Å². The van der Waals surface area contributed by atoms with E-state index in [1.807, 2.05) is 42.5 Å². The summed E-state index contributed by atoms with van der Waals surface area (Å²) in [5, 5.41) is 27.0. The van der Waals surface area contributed by atoms with Crippen LogP contribution < -0.4 is 15.4 Å². The fourth-order valence-corrected chi connectivity index (χ4v) is 3.86. The van der Waals surface area contributed by atoms with Crippen LogP contribution in [0.5, 0.6) is 11.5 Å². The lowest BCUT2D eigenvalue weighted by Gasteiger charge is -2.28. The van der Waals surface area contributed by atoms with Gasteiger partial charge in [0.2, 0.25) is 0 Å². The molecule has 7 nitrogen and oxygen atoms in total. The van der Waals surface area contributed by atoms with Gasteiger partial charge in [-0.3, -0.25) is 4.79 Å². The number of hydrogen-bond donors (Lipinski definition) is 5. The summed E-state index contributed by atoms with van der Waals surface area (Å²) >= 11 is 0. The highest BCUT2D eigenvalue weighted by atomic mass is 16.5. The number of carbonyl (C=O) groups is 1.